The number of carbonyl (C=O) groups excluding carboxylic acids is 1. The van der Waals surface area contributed by atoms with Gasteiger partial charge in [0.2, 0.25) is 0 Å². The Morgan fingerprint density at radius 1 is 1.11 bits per heavy atom. The molecule has 19 heavy (non-hydrogen) atoms. The van der Waals surface area contributed by atoms with Crippen molar-refractivity contribution in [3.8, 4) is 0 Å². The summed E-state index contributed by atoms with van der Waals surface area (Å²) in [6.07, 6.45) is 7.58. The molecular weight excluding hydrogens is 284 g/mol. The van der Waals surface area contributed by atoms with Crippen molar-refractivity contribution in [3.63, 3.8) is 0 Å². The molecule has 0 radical (unpaired) electrons. The third-order valence-electron chi connectivity index (χ3n) is 2.52. The molecule has 0 aromatic carbocycles. The molecule has 7 heteroatoms. The smallest absolute Gasteiger partial charge is 0.326 e. The van der Waals surface area contributed by atoms with E-state index in [9.17, 15) is 9.59 Å². The number of thioether (sulfide) groups is 2. The Labute approximate surface area is 123 Å². The van der Waals surface area contributed by atoms with Crippen LogP contribution in [0.3, 0.4) is 0 Å². The number of aliphatic carboxylic acids is 1. The normalized spacial score (nSPS) is 11.9. The summed E-state index contributed by atoms with van der Waals surface area (Å²) >= 11 is 3.38. The highest BCUT2D eigenvalue weighted by Crippen LogP contribution is 2.02. The maximum absolute atomic E-state index is 11.5. The fourth-order valence-electron chi connectivity index (χ4n) is 1.45. The van der Waals surface area contributed by atoms with E-state index in [1.54, 1.807) is 11.8 Å². The first-order valence-electron chi connectivity index (χ1n) is 6.36. The van der Waals surface area contributed by atoms with Crippen molar-refractivity contribution in [1.82, 2.24) is 10.6 Å². The lowest BCUT2D eigenvalue weighted by molar-refractivity contribution is -0.139. The van der Waals surface area contributed by atoms with E-state index in [0.717, 1.165) is 25.0 Å². The molecule has 0 aliphatic rings. The molecule has 0 aliphatic heterocycles. The van der Waals surface area contributed by atoms with Crippen LogP contribution < -0.4 is 10.6 Å². The molecule has 0 bridgehead atoms. The molecule has 0 aromatic rings. The average molecular weight is 308 g/mol. The molecular formula is C12H24N2O3S2. The van der Waals surface area contributed by atoms with Crippen molar-refractivity contribution in [1.29, 1.82) is 0 Å². The lowest BCUT2D eigenvalue weighted by Crippen LogP contribution is -2.46. The SMILES string of the molecule is CSCCCCCNC(=O)N[C@@H](CCSC)C(=O)O. The van der Waals surface area contributed by atoms with E-state index in [-0.39, 0.29) is 0 Å². The van der Waals surface area contributed by atoms with Gasteiger partial charge in [0.25, 0.3) is 0 Å². The maximum Gasteiger partial charge on any atom is 0.326 e. The molecule has 0 aromatic heterocycles. The molecule has 0 spiro atoms. The van der Waals surface area contributed by atoms with Gasteiger partial charge in [-0.1, -0.05) is 6.42 Å². The first-order chi connectivity index (χ1) is 9.11. The number of nitrogens with one attached hydrogen (secondary N) is 2. The van der Waals surface area contributed by atoms with Crippen molar-refractivity contribution in [2.45, 2.75) is 31.7 Å². The summed E-state index contributed by atoms with van der Waals surface area (Å²) in [7, 11) is 0. The molecule has 2 amide bonds. The molecule has 0 aliphatic carbocycles. The molecule has 5 nitrogen and oxygen atoms in total. The van der Waals surface area contributed by atoms with Crippen molar-refractivity contribution in [2.75, 3.05) is 30.6 Å². The Hall–Kier alpha value is -0.560. The van der Waals surface area contributed by atoms with Gasteiger partial charge in [0.05, 0.1) is 0 Å². The van der Waals surface area contributed by atoms with Crippen LogP contribution in [0.2, 0.25) is 0 Å². The minimum atomic E-state index is -0.982. The van der Waals surface area contributed by atoms with Crippen LogP contribution in [0.25, 0.3) is 0 Å². The van der Waals surface area contributed by atoms with Gasteiger partial charge < -0.3 is 15.7 Å². The fourth-order valence-corrected chi connectivity index (χ4v) is 2.42. The van der Waals surface area contributed by atoms with E-state index in [4.69, 9.17) is 5.11 Å². The van der Waals surface area contributed by atoms with Gasteiger partial charge in [0.15, 0.2) is 0 Å². The number of carbonyl (C=O) groups is 2. The molecule has 112 valence electrons. The Kier molecular flexibility index (Phi) is 12.1. The second-order valence-electron chi connectivity index (χ2n) is 4.13. The number of unbranched alkanes of at least 4 members (excludes halogenated alkanes) is 2. The average Bonchev–Trinajstić information content (AvgIpc) is 2.38. The molecule has 0 unspecified atom stereocenters. The van der Waals surface area contributed by atoms with Gasteiger partial charge in [-0.25, -0.2) is 9.59 Å². The lowest BCUT2D eigenvalue weighted by Gasteiger charge is -2.14. The number of hydrogen-bond donors (Lipinski definition) is 3. The standard InChI is InChI=1S/C12H24N2O3S2/c1-18-8-5-3-4-7-13-12(17)14-10(11(15)16)6-9-19-2/h10H,3-9H2,1-2H3,(H,15,16)(H2,13,14,17)/t10-/m0/s1. The first kappa shape index (κ1) is 18.4. The monoisotopic (exact) mass is 308 g/mol. The van der Waals surface area contributed by atoms with Gasteiger partial charge in [0, 0.05) is 6.54 Å². The predicted octanol–water partition coefficient (Wildman–Crippen LogP) is 2.03. The first-order valence-corrected chi connectivity index (χ1v) is 9.15. The van der Waals surface area contributed by atoms with E-state index in [1.165, 1.54) is 0 Å². The molecule has 0 rings (SSSR count). The number of amides is 2. The topological polar surface area (TPSA) is 78.4 Å². The molecule has 0 saturated heterocycles. The van der Waals surface area contributed by atoms with Crippen LogP contribution in [0.1, 0.15) is 25.7 Å². The summed E-state index contributed by atoms with van der Waals surface area (Å²) in [5.41, 5.74) is 0. The molecule has 1 atom stereocenters. The van der Waals surface area contributed by atoms with Crippen LogP contribution >= 0.6 is 23.5 Å². The Morgan fingerprint density at radius 2 is 1.79 bits per heavy atom. The predicted molar refractivity (Wildman–Crippen MR) is 83.2 cm³/mol. The van der Waals surface area contributed by atoms with Crippen LogP contribution in [0.5, 0.6) is 0 Å². The Bertz CT molecular complexity index is 265. The van der Waals surface area contributed by atoms with Gasteiger partial charge in [-0.15, -0.1) is 0 Å². The fraction of sp³-hybridized carbons (Fsp3) is 0.833. The van der Waals surface area contributed by atoms with Crippen LogP contribution in [0.4, 0.5) is 4.79 Å². The largest absolute Gasteiger partial charge is 0.480 e. The van der Waals surface area contributed by atoms with Crippen molar-refractivity contribution in [2.24, 2.45) is 0 Å². The zero-order chi connectivity index (χ0) is 14.5. The summed E-state index contributed by atoms with van der Waals surface area (Å²) in [6.45, 7) is 0.592. The van der Waals surface area contributed by atoms with Gasteiger partial charge in [-0.2, -0.15) is 23.5 Å². The summed E-state index contributed by atoms with van der Waals surface area (Å²) in [5, 5.41) is 14.1. The summed E-state index contributed by atoms with van der Waals surface area (Å²) in [6, 6.07) is -1.19. The number of carboxylic acids is 1. The third kappa shape index (κ3) is 11.0. The minimum absolute atomic E-state index is 0.390. The van der Waals surface area contributed by atoms with Gasteiger partial charge >= 0.3 is 12.0 Å². The van der Waals surface area contributed by atoms with Gasteiger partial charge in [-0.05, 0) is 43.3 Å². The summed E-state index contributed by atoms with van der Waals surface area (Å²) in [4.78, 5) is 22.4. The molecule has 0 heterocycles. The lowest BCUT2D eigenvalue weighted by atomic mass is 10.2. The van der Waals surface area contributed by atoms with E-state index >= 15 is 0 Å². The highest BCUT2D eigenvalue weighted by molar-refractivity contribution is 7.98. The second kappa shape index (κ2) is 12.5. The number of rotatable bonds is 11. The zero-order valence-electron chi connectivity index (χ0n) is 11.6. The molecule has 0 saturated carbocycles. The minimum Gasteiger partial charge on any atom is -0.480 e. The van der Waals surface area contributed by atoms with Crippen molar-refractivity contribution >= 4 is 35.5 Å². The molecule has 3 N–H and O–H groups in total. The highest BCUT2D eigenvalue weighted by Gasteiger charge is 2.18. The number of hydrogen-bond acceptors (Lipinski definition) is 4. The van der Waals surface area contributed by atoms with Crippen LogP contribution in [-0.2, 0) is 4.79 Å². The second-order valence-corrected chi connectivity index (χ2v) is 6.10. The quantitative estimate of drug-likeness (QED) is 0.509. The third-order valence-corrected chi connectivity index (χ3v) is 3.87. The van der Waals surface area contributed by atoms with Gasteiger partial charge in [-0.3, -0.25) is 0 Å². The van der Waals surface area contributed by atoms with Crippen molar-refractivity contribution < 1.29 is 14.7 Å². The summed E-state index contributed by atoms with van der Waals surface area (Å²) < 4.78 is 0. The van der Waals surface area contributed by atoms with Crippen LogP contribution in [-0.4, -0.2) is 53.7 Å². The van der Waals surface area contributed by atoms with E-state index < -0.39 is 18.0 Å². The summed E-state index contributed by atoms with van der Waals surface area (Å²) in [5.74, 6) is 0.873. The van der Waals surface area contributed by atoms with E-state index in [1.807, 2.05) is 18.0 Å². The number of carboxylic acid groups (broad SMARTS) is 1. The van der Waals surface area contributed by atoms with Crippen LogP contribution in [0.15, 0.2) is 0 Å². The molecule has 0 fully saturated rings. The van der Waals surface area contributed by atoms with Crippen LogP contribution in [0, 0.1) is 0 Å². The Morgan fingerprint density at radius 3 is 2.37 bits per heavy atom. The van der Waals surface area contributed by atoms with E-state index in [2.05, 4.69) is 16.9 Å². The Balaban J connectivity index is 3.71. The maximum atomic E-state index is 11.5. The zero-order valence-corrected chi connectivity index (χ0v) is 13.2. The highest BCUT2D eigenvalue weighted by atomic mass is 32.2. The van der Waals surface area contributed by atoms with Crippen molar-refractivity contribution in [3.05, 3.63) is 0 Å². The van der Waals surface area contributed by atoms with Gasteiger partial charge in [0.1, 0.15) is 6.04 Å². The number of urea groups is 1. The van der Waals surface area contributed by atoms with E-state index in [0.29, 0.717) is 18.7 Å².